The number of nitrogens with one attached hydrogen (secondary N) is 1. The number of rotatable bonds is 5. The molecule has 3 N–H and O–H groups in total. The van der Waals surface area contributed by atoms with Crippen LogP contribution in [0.2, 0.25) is 5.02 Å². The second kappa shape index (κ2) is 9.57. The van der Waals surface area contributed by atoms with Crippen molar-refractivity contribution in [3.8, 4) is 5.75 Å². The van der Waals surface area contributed by atoms with E-state index in [1.54, 1.807) is 12.3 Å². The number of hydrogen-bond donors (Lipinski definition) is 2. The van der Waals surface area contributed by atoms with Gasteiger partial charge in [-0.1, -0.05) is 11.6 Å². The number of anilines is 1. The molecular weight excluding hydrogens is 427 g/mol. The Morgan fingerprint density at radius 3 is 2.52 bits per heavy atom. The Bertz CT molecular complexity index is 630. The summed E-state index contributed by atoms with van der Waals surface area (Å²) in [5.74, 6) is 1.15. The first kappa shape index (κ1) is 19.5. The average molecular weight is 447 g/mol. The van der Waals surface area contributed by atoms with Gasteiger partial charge < -0.3 is 15.8 Å². The molecule has 0 unspecified atom stereocenters. The minimum absolute atomic E-state index is 0. The second-order valence-electron chi connectivity index (χ2n) is 4.99. The van der Waals surface area contributed by atoms with Crippen LogP contribution in [0.1, 0.15) is 19.5 Å². The Hall–Kier alpha value is -1.54. The highest BCUT2D eigenvalue weighted by atomic mass is 127. The van der Waals surface area contributed by atoms with Crippen molar-refractivity contribution in [3.05, 3.63) is 53.3 Å². The maximum atomic E-state index is 5.86. The van der Waals surface area contributed by atoms with Crippen molar-refractivity contribution in [3.63, 3.8) is 0 Å². The highest BCUT2D eigenvalue weighted by Gasteiger charge is 2.00. The molecule has 0 aliphatic rings. The average Bonchev–Trinajstić information content (AvgIpc) is 2.48. The molecule has 124 valence electrons. The molecule has 1 aromatic heterocycles. The molecule has 0 saturated heterocycles. The molecule has 2 aromatic rings. The van der Waals surface area contributed by atoms with Gasteiger partial charge in [-0.25, -0.2) is 4.99 Å². The van der Waals surface area contributed by atoms with Gasteiger partial charge in [0, 0.05) is 11.9 Å². The standard InChI is InChI=1S/C16H19ClN4O.HI/c1-11(2)22-15-7-5-13(6-8-15)21-16(18)20-10-14-4-3-12(17)9-19-14;/h3-9,11H,10H2,1-2H3,(H3,18,20,21);1H. The van der Waals surface area contributed by atoms with Crippen molar-refractivity contribution in [1.29, 1.82) is 0 Å². The minimum atomic E-state index is 0. The van der Waals surface area contributed by atoms with Crippen molar-refractivity contribution in [2.24, 2.45) is 10.7 Å². The van der Waals surface area contributed by atoms with Gasteiger partial charge in [0.1, 0.15) is 5.75 Å². The molecule has 5 nitrogen and oxygen atoms in total. The molecule has 0 saturated carbocycles. The first-order chi connectivity index (χ1) is 10.5. The summed E-state index contributed by atoms with van der Waals surface area (Å²) >= 11 is 5.78. The molecule has 0 aliphatic heterocycles. The number of aromatic nitrogens is 1. The van der Waals surface area contributed by atoms with Crippen LogP contribution < -0.4 is 15.8 Å². The zero-order valence-corrected chi connectivity index (χ0v) is 16.1. The van der Waals surface area contributed by atoms with Crippen LogP contribution in [0.4, 0.5) is 5.69 Å². The number of aliphatic imine (C=N–C) groups is 1. The molecule has 0 bridgehead atoms. The summed E-state index contributed by atoms with van der Waals surface area (Å²) in [5.41, 5.74) is 7.51. The normalized spacial score (nSPS) is 11.0. The zero-order valence-electron chi connectivity index (χ0n) is 13.0. The summed E-state index contributed by atoms with van der Waals surface area (Å²) in [6.07, 6.45) is 1.74. The first-order valence-electron chi connectivity index (χ1n) is 6.97. The number of nitrogens with zero attached hydrogens (tertiary/aromatic N) is 2. The highest BCUT2D eigenvalue weighted by molar-refractivity contribution is 14.0. The SMILES string of the molecule is CC(C)Oc1ccc(NC(N)=NCc2ccc(Cl)cn2)cc1.I. The molecule has 1 heterocycles. The van der Waals surface area contributed by atoms with Gasteiger partial charge in [-0.15, -0.1) is 24.0 Å². The summed E-state index contributed by atoms with van der Waals surface area (Å²) in [6, 6.07) is 11.1. The molecule has 2 rings (SSSR count). The van der Waals surface area contributed by atoms with E-state index in [1.165, 1.54) is 0 Å². The third kappa shape index (κ3) is 7.04. The van der Waals surface area contributed by atoms with Crippen LogP contribution in [-0.4, -0.2) is 17.0 Å². The summed E-state index contributed by atoms with van der Waals surface area (Å²) in [4.78, 5) is 8.39. The van der Waals surface area contributed by atoms with Gasteiger partial charge in [0.15, 0.2) is 5.96 Å². The third-order valence-electron chi connectivity index (χ3n) is 2.70. The van der Waals surface area contributed by atoms with Crippen LogP contribution in [0, 0.1) is 0 Å². The fourth-order valence-electron chi connectivity index (χ4n) is 1.74. The number of pyridine rings is 1. The van der Waals surface area contributed by atoms with Crippen LogP contribution >= 0.6 is 35.6 Å². The molecule has 0 amide bonds. The number of nitrogens with two attached hydrogens (primary N) is 1. The maximum absolute atomic E-state index is 5.86. The number of ether oxygens (including phenoxy) is 1. The first-order valence-corrected chi connectivity index (χ1v) is 7.35. The monoisotopic (exact) mass is 446 g/mol. The van der Waals surface area contributed by atoms with Crippen molar-refractivity contribution in [1.82, 2.24) is 4.98 Å². The topological polar surface area (TPSA) is 72.5 Å². The van der Waals surface area contributed by atoms with Gasteiger partial charge in [0.2, 0.25) is 0 Å². The molecule has 0 fully saturated rings. The van der Waals surface area contributed by atoms with E-state index in [4.69, 9.17) is 22.1 Å². The van der Waals surface area contributed by atoms with Crippen LogP contribution in [0.25, 0.3) is 0 Å². The molecule has 0 atom stereocenters. The molecule has 0 radical (unpaired) electrons. The van der Waals surface area contributed by atoms with Gasteiger partial charge in [-0.05, 0) is 50.2 Å². The smallest absolute Gasteiger partial charge is 0.193 e. The zero-order chi connectivity index (χ0) is 15.9. The predicted octanol–water partition coefficient (Wildman–Crippen LogP) is 4.07. The Kier molecular flexibility index (Phi) is 8.11. The molecular formula is C16H20ClIN4O. The quantitative estimate of drug-likeness (QED) is 0.413. The van der Waals surface area contributed by atoms with Gasteiger partial charge >= 0.3 is 0 Å². The van der Waals surface area contributed by atoms with E-state index in [9.17, 15) is 0 Å². The number of benzene rings is 1. The lowest BCUT2D eigenvalue weighted by Crippen LogP contribution is -2.22. The summed E-state index contributed by atoms with van der Waals surface area (Å²) in [5, 5.41) is 3.62. The van der Waals surface area contributed by atoms with Crippen LogP contribution in [0.15, 0.2) is 47.6 Å². The van der Waals surface area contributed by atoms with E-state index >= 15 is 0 Å². The minimum Gasteiger partial charge on any atom is -0.491 e. The summed E-state index contributed by atoms with van der Waals surface area (Å²) < 4.78 is 5.58. The van der Waals surface area contributed by atoms with Gasteiger partial charge in [0.05, 0.1) is 23.4 Å². The van der Waals surface area contributed by atoms with Crippen LogP contribution in [0.3, 0.4) is 0 Å². The van der Waals surface area contributed by atoms with Crippen molar-refractivity contribution >= 4 is 47.2 Å². The lowest BCUT2D eigenvalue weighted by atomic mass is 10.3. The molecule has 7 heteroatoms. The van der Waals surface area contributed by atoms with Gasteiger partial charge in [-0.3, -0.25) is 4.98 Å². The highest BCUT2D eigenvalue weighted by Crippen LogP contribution is 2.16. The largest absolute Gasteiger partial charge is 0.491 e. The second-order valence-corrected chi connectivity index (χ2v) is 5.42. The maximum Gasteiger partial charge on any atom is 0.193 e. The molecule has 0 spiro atoms. The van der Waals surface area contributed by atoms with Crippen molar-refractivity contribution < 1.29 is 4.74 Å². The number of guanidine groups is 1. The van der Waals surface area contributed by atoms with E-state index < -0.39 is 0 Å². The van der Waals surface area contributed by atoms with E-state index in [0.717, 1.165) is 17.1 Å². The van der Waals surface area contributed by atoms with E-state index in [-0.39, 0.29) is 30.1 Å². The van der Waals surface area contributed by atoms with E-state index in [0.29, 0.717) is 17.5 Å². The predicted molar refractivity (Wildman–Crippen MR) is 106 cm³/mol. The van der Waals surface area contributed by atoms with Crippen LogP contribution in [0.5, 0.6) is 5.75 Å². The van der Waals surface area contributed by atoms with E-state index in [2.05, 4.69) is 15.3 Å². The molecule has 23 heavy (non-hydrogen) atoms. The lowest BCUT2D eigenvalue weighted by molar-refractivity contribution is 0.242. The third-order valence-corrected chi connectivity index (χ3v) is 2.92. The Balaban J connectivity index is 0.00000264. The van der Waals surface area contributed by atoms with Gasteiger partial charge in [0.25, 0.3) is 0 Å². The Morgan fingerprint density at radius 1 is 1.26 bits per heavy atom. The fraction of sp³-hybridized carbons (Fsp3) is 0.250. The summed E-state index contributed by atoms with van der Waals surface area (Å²) in [6.45, 7) is 4.37. The molecule has 0 aliphatic carbocycles. The van der Waals surface area contributed by atoms with Gasteiger partial charge in [-0.2, -0.15) is 0 Å². The molecule has 1 aromatic carbocycles. The number of hydrogen-bond acceptors (Lipinski definition) is 3. The van der Waals surface area contributed by atoms with Crippen molar-refractivity contribution in [2.45, 2.75) is 26.5 Å². The van der Waals surface area contributed by atoms with Crippen molar-refractivity contribution in [2.75, 3.05) is 5.32 Å². The fourth-order valence-corrected chi connectivity index (χ4v) is 1.85. The summed E-state index contributed by atoms with van der Waals surface area (Å²) in [7, 11) is 0. The number of halogens is 2. The van der Waals surface area contributed by atoms with E-state index in [1.807, 2.05) is 44.2 Å². The Morgan fingerprint density at radius 2 is 1.96 bits per heavy atom. The lowest BCUT2D eigenvalue weighted by Gasteiger charge is -2.10. The Labute approximate surface area is 158 Å². The van der Waals surface area contributed by atoms with Crippen LogP contribution in [-0.2, 0) is 6.54 Å².